The quantitative estimate of drug-likeness (QED) is 0.737. The van der Waals surface area contributed by atoms with Gasteiger partial charge in [0.2, 0.25) is 0 Å². The van der Waals surface area contributed by atoms with Crippen LogP contribution in [0, 0.1) is 5.92 Å². The second-order valence-corrected chi connectivity index (χ2v) is 5.04. The number of ether oxygens (including phenoxy) is 1. The Bertz CT molecular complexity index is 233. The van der Waals surface area contributed by atoms with Gasteiger partial charge >= 0.3 is 6.09 Å². The van der Waals surface area contributed by atoms with Gasteiger partial charge in [0.1, 0.15) is 11.9 Å². The summed E-state index contributed by atoms with van der Waals surface area (Å²) < 4.78 is 5.14. The van der Waals surface area contributed by atoms with E-state index in [1.54, 1.807) is 0 Å². The van der Waals surface area contributed by atoms with Crippen LogP contribution in [0.2, 0.25) is 0 Å². The van der Waals surface area contributed by atoms with Crippen LogP contribution in [0.25, 0.3) is 0 Å². The molecule has 0 fully saturated rings. The SMILES string of the molecule is CCC(C)[C@@H](CC=O)NC(=O)OC(C)(C)C. The number of alkyl carbamates (subject to hydrolysis) is 1. The highest BCUT2D eigenvalue weighted by Gasteiger charge is 2.22. The molecular weight excluding hydrogens is 206 g/mol. The number of carbonyl (C=O) groups is 2. The molecule has 1 amide bonds. The van der Waals surface area contributed by atoms with Crippen molar-refractivity contribution in [3.8, 4) is 0 Å². The molecule has 0 aliphatic heterocycles. The summed E-state index contributed by atoms with van der Waals surface area (Å²) >= 11 is 0. The van der Waals surface area contributed by atoms with E-state index in [4.69, 9.17) is 4.74 Å². The van der Waals surface area contributed by atoms with Gasteiger partial charge in [-0.05, 0) is 26.7 Å². The lowest BCUT2D eigenvalue weighted by molar-refractivity contribution is -0.108. The van der Waals surface area contributed by atoms with Gasteiger partial charge in [0.25, 0.3) is 0 Å². The Morgan fingerprint density at radius 3 is 2.38 bits per heavy atom. The van der Waals surface area contributed by atoms with Crippen molar-refractivity contribution in [2.24, 2.45) is 5.92 Å². The molecule has 1 N–H and O–H groups in total. The fourth-order valence-electron chi connectivity index (χ4n) is 1.28. The number of carbonyl (C=O) groups excluding carboxylic acids is 2. The average molecular weight is 229 g/mol. The molecule has 4 heteroatoms. The third-order valence-corrected chi connectivity index (χ3v) is 2.38. The van der Waals surface area contributed by atoms with Crippen molar-refractivity contribution in [2.75, 3.05) is 0 Å². The minimum Gasteiger partial charge on any atom is -0.444 e. The third-order valence-electron chi connectivity index (χ3n) is 2.38. The molecule has 0 radical (unpaired) electrons. The molecule has 0 saturated carbocycles. The monoisotopic (exact) mass is 229 g/mol. The fraction of sp³-hybridized carbons (Fsp3) is 0.833. The van der Waals surface area contributed by atoms with E-state index in [1.807, 2.05) is 34.6 Å². The molecule has 0 rings (SSSR count). The number of hydrogen-bond donors (Lipinski definition) is 1. The number of amides is 1. The Kier molecular flexibility index (Phi) is 6.08. The summed E-state index contributed by atoms with van der Waals surface area (Å²) in [6, 6.07) is -0.141. The van der Waals surface area contributed by atoms with E-state index in [2.05, 4.69) is 5.32 Å². The van der Waals surface area contributed by atoms with Crippen molar-refractivity contribution in [1.29, 1.82) is 0 Å². The molecule has 2 atom stereocenters. The van der Waals surface area contributed by atoms with E-state index in [9.17, 15) is 9.59 Å². The highest BCUT2D eigenvalue weighted by atomic mass is 16.6. The Morgan fingerprint density at radius 2 is 2.00 bits per heavy atom. The van der Waals surface area contributed by atoms with Crippen molar-refractivity contribution in [2.45, 2.75) is 59.1 Å². The van der Waals surface area contributed by atoms with Crippen LogP contribution < -0.4 is 5.32 Å². The Labute approximate surface area is 97.7 Å². The number of rotatable bonds is 5. The smallest absolute Gasteiger partial charge is 0.407 e. The van der Waals surface area contributed by atoms with Gasteiger partial charge in [-0.2, -0.15) is 0 Å². The predicted octanol–water partition coefficient (Wildman–Crippen LogP) is 2.51. The molecular formula is C12H23NO3. The first-order valence-corrected chi connectivity index (χ1v) is 5.73. The normalized spacial score (nSPS) is 15.1. The minimum absolute atomic E-state index is 0.141. The van der Waals surface area contributed by atoms with Crippen molar-refractivity contribution in [3.05, 3.63) is 0 Å². The molecule has 4 nitrogen and oxygen atoms in total. The maximum Gasteiger partial charge on any atom is 0.407 e. The molecule has 0 aromatic heterocycles. The Balaban J connectivity index is 4.28. The van der Waals surface area contributed by atoms with Crippen LogP contribution in [0.3, 0.4) is 0 Å². The van der Waals surface area contributed by atoms with E-state index in [1.165, 1.54) is 0 Å². The highest BCUT2D eigenvalue weighted by molar-refractivity contribution is 5.68. The molecule has 94 valence electrons. The molecule has 0 spiro atoms. The van der Waals surface area contributed by atoms with Crippen molar-refractivity contribution < 1.29 is 14.3 Å². The number of aldehydes is 1. The van der Waals surface area contributed by atoms with Crippen LogP contribution in [0.5, 0.6) is 0 Å². The summed E-state index contributed by atoms with van der Waals surface area (Å²) in [5.41, 5.74) is -0.509. The molecule has 1 unspecified atom stereocenters. The topological polar surface area (TPSA) is 55.4 Å². The van der Waals surface area contributed by atoms with E-state index in [-0.39, 0.29) is 12.0 Å². The van der Waals surface area contributed by atoms with Crippen LogP contribution in [0.15, 0.2) is 0 Å². The zero-order valence-electron chi connectivity index (χ0n) is 10.9. The predicted molar refractivity (Wildman–Crippen MR) is 63.3 cm³/mol. The van der Waals surface area contributed by atoms with Gasteiger partial charge in [-0.3, -0.25) is 0 Å². The summed E-state index contributed by atoms with van der Waals surface area (Å²) in [6.07, 6.45) is 1.61. The van der Waals surface area contributed by atoms with Gasteiger partial charge in [0.05, 0.1) is 0 Å². The van der Waals surface area contributed by atoms with Crippen LogP contribution in [0.1, 0.15) is 47.5 Å². The molecule has 0 heterocycles. The minimum atomic E-state index is -0.509. The van der Waals surface area contributed by atoms with Crippen LogP contribution >= 0.6 is 0 Å². The summed E-state index contributed by atoms with van der Waals surface area (Å²) in [4.78, 5) is 22.0. The fourth-order valence-corrected chi connectivity index (χ4v) is 1.28. The van der Waals surface area contributed by atoms with Gasteiger partial charge in [-0.1, -0.05) is 20.3 Å². The van der Waals surface area contributed by atoms with Gasteiger partial charge < -0.3 is 14.8 Å². The second-order valence-electron chi connectivity index (χ2n) is 5.04. The summed E-state index contributed by atoms with van der Waals surface area (Å²) in [6.45, 7) is 9.46. The van der Waals surface area contributed by atoms with E-state index in [0.29, 0.717) is 6.42 Å². The number of hydrogen-bond acceptors (Lipinski definition) is 3. The molecule has 0 bridgehead atoms. The van der Waals surface area contributed by atoms with Crippen LogP contribution in [0.4, 0.5) is 4.79 Å². The van der Waals surface area contributed by atoms with Crippen molar-refractivity contribution >= 4 is 12.4 Å². The zero-order chi connectivity index (χ0) is 12.8. The summed E-state index contributed by atoms with van der Waals surface area (Å²) in [5.74, 6) is 0.262. The first-order valence-electron chi connectivity index (χ1n) is 5.73. The standard InChI is InChI=1S/C12H23NO3/c1-6-9(2)10(7-8-14)13-11(15)16-12(3,4)5/h8-10H,6-7H2,1-5H3,(H,13,15)/t9?,10-/m1/s1. The second kappa shape index (κ2) is 6.51. The number of nitrogens with one attached hydrogen (secondary N) is 1. The maximum absolute atomic E-state index is 11.5. The van der Waals surface area contributed by atoms with Crippen molar-refractivity contribution in [3.63, 3.8) is 0 Å². The van der Waals surface area contributed by atoms with Crippen molar-refractivity contribution in [1.82, 2.24) is 5.32 Å². The van der Waals surface area contributed by atoms with E-state index < -0.39 is 11.7 Å². The van der Waals surface area contributed by atoms with Crippen LogP contribution in [-0.2, 0) is 9.53 Å². The van der Waals surface area contributed by atoms with E-state index in [0.717, 1.165) is 12.7 Å². The van der Waals surface area contributed by atoms with Gasteiger partial charge in [-0.15, -0.1) is 0 Å². The zero-order valence-corrected chi connectivity index (χ0v) is 10.9. The lowest BCUT2D eigenvalue weighted by Crippen LogP contribution is -2.42. The van der Waals surface area contributed by atoms with Gasteiger partial charge in [-0.25, -0.2) is 4.79 Å². The average Bonchev–Trinajstić information content (AvgIpc) is 2.13. The first-order chi connectivity index (χ1) is 7.30. The van der Waals surface area contributed by atoms with E-state index >= 15 is 0 Å². The Morgan fingerprint density at radius 1 is 1.44 bits per heavy atom. The van der Waals surface area contributed by atoms with Gasteiger partial charge in [0, 0.05) is 12.5 Å². The molecule has 0 aliphatic rings. The molecule has 0 aromatic carbocycles. The lowest BCUT2D eigenvalue weighted by Gasteiger charge is -2.25. The Hall–Kier alpha value is -1.06. The summed E-state index contributed by atoms with van der Waals surface area (Å²) in [5, 5.41) is 2.73. The highest BCUT2D eigenvalue weighted by Crippen LogP contribution is 2.12. The van der Waals surface area contributed by atoms with Gasteiger partial charge in [0.15, 0.2) is 0 Å². The van der Waals surface area contributed by atoms with Crippen LogP contribution in [-0.4, -0.2) is 24.0 Å². The molecule has 16 heavy (non-hydrogen) atoms. The summed E-state index contributed by atoms with van der Waals surface area (Å²) in [7, 11) is 0. The molecule has 0 aliphatic carbocycles. The largest absolute Gasteiger partial charge is 0.444 e. The first kappa shape index (κ1) is 14.9. The lowest BCUT2D eigenvalue weighted by atomic mass is 9.97. The molecule has 0 aromatic rings. The maximum atomic E-state index is 11.5. The third kappa shape index (κ3) is 6.43. The molecule has 0 saturated heterocycles.